The summed E-state index contributed by atoms with van der Waals surface area (Å²) < 4.78 is 0. The maximum atomic E-state index is 7.54. The first-order chi connectivity index (χ1) is 4.72. The minimum absolute atomic E-state index is 0.579. The van der Waals surface area contributed by atoms with E-state index in [0.717, 1.165) is 4.88 Å². The standard InChI is InChI=1S/C7H10N2S/c1-9(2)7(8)6-4-3-5-10-6/h3-5,8H,1-2H3. The normalized spacial score (nSPS) is 9.40. The van der Waals surface area contributed by atoms with Gasteiger partial charge in [-0.1, -0.05) is 6.07 Å². The molecule has 0 aromatic carbocycles. The minimum atomic E-state index is 0.579. The van der Waals surface area contributed by atoms with Crippen molar-refractivity contribution >= 4 is 17.2 Å². The van der Waals surface area contributed by atoms with E-state index in [2.05, 4.69) is 0 Å². The van der Waals surface area contributed by atoms with Crippen LogP contribution in [0.25, 0.3) is 0 Å². The van der Waals surface area contributed by atoms with Gasteiger partial charge in [-0.2, -0.15) is 0 Å². The first kappa shape index (κ1) is 7.28. The van der Waals surface area contributed by atoms with Crippen molar-refractivity contribution in [3.63, 3.8) is 0 Å². The average molecular weight is 154 g/mol. The van der Waals surface area contributed by atoms with Crippen molar-refractivity contribution in [1.29, 1.82) is 5.41 Å². The second kappa shape index (κ2) is 2.84. The molecule has 1 aromatic heterocycles. The topological polar surface area (TPSA) is 27.1 Å². The summed E-state index contributed by atoms with van der Waals surface area (Å²) in [6.45, 7) is 0. The van der Waals surface area contributed by atoms with Crippen molar-refractivity contribution in [3.8, 4) is 0 Å². The van der Waals surface area contributed by atoms with Crippen molar-refractivity contribution < 1.29 is 0 Å². The highest BCUT2D eigenvalue weighted by molar-refractivity contribution is 7.12. The van der Waals surface area contributed by atoms with E-state index in [1.807, 2.05) is 31.6 Å². The number of thiophene rings is 1. The van der Waals surface area contributed by atoms with Crippen LogP contribution >= 0.6 is 11.3 Å². The van der Waals surface area contributed by atoms with Crippen molar-refractivity contribution in [3.05, 3.63) is 22.4 Å². The lowest BCUT2D eigenvalue weighted by Gasteiger charge is -2.10. The van der Waals surface area contributed by atoms with Gasteiger partial charge in [0.2, 0.25) is 0 Å². The Kier molecular flexibility index (Phi) is 2.06. The van der Waals surface area contributed by atoms with Crippen LogP contribution in [-0.2, 0) is 0 Å². The minimum Gasteiger partial charge on any atom is -0.362 e. The quantitative estimate of drug-likeness (QED) is 0.483. The van der Waals surface area contributed by atoms with E-state index in [0.29, 0.717) is 5.84 Å². The molecule has 0 aliphatic heterocycles. The van der Waals surface area contributed by atoms with Gasteiger partial charge in [-0.3, -0.25) is 5.41 Å². The molecule has 0 spiro atoms. The van der Waals surface area contributed by atoms with Gasteiger partial charge in [-0.15, -0.1) is 11.3 Å². The lowest BCUT2D eigenvalue weighted by atomic mass is 10.4. The molecule has 0 saturated carbocycles. The highest BCUT2D eigenvalue weighted by Gasteiger charge is 2.01. The Bertz CT molecular complexity index is 214. The monoisotopic (exact) mass is 154 g/mol. The summed E-state index contributed by atoms with van der Waals surface area (Å²) in [5.74, 6) is 0.579. The van der Waals surface area contributed by atoms with Crippen molar-refractivity contribution in [2.75, 3.05) is 14.1 Å². The Labute approximate surface area is 64.6 Å². The van der Waals surface area contributed by atoms with E-state index in [1.165, 1.54) is 0 Å². The summed E-state index contributed by atoms with van der Waals surface area (Å²) in [4.78, 5) is 2.82. The number of amidine groups is 1. The van der Waals surface area contributed by atoms with Gasteiger partial charge < -0.3 is 4.90 Å². The van der Waals surface area contributed by atoms with Crippen molar-refractivity contribution in [1.82, 2.24) is 4.90 Å². The van der Waals surface area contributed by atoms with Gasteiger partial charge in [-0.25, -0.2) is 0 Å². The Morgan fingerprint density at radius 3 is 2.70 bits per heavy atom. The fraction of sp³-hybridized carbons (Fsp3) is 0.286. The molecule has 10 heavy (non-hydrogen) atoms. The lowest BCUT2D eigenvalue weighted by Crippen LogP contribution is -2.20. The molecular formula is C7H10N2S. The fourth-order valence-corrected chi connectivity index (χ4v) is 1.39. The zero-order chi connectivity index (χ0) is 7.56. The highest BCUT2D eigenvalue weighted by Crippen LogP contribution is 2.09. The first-order valence-electron chi connectivity index (χ1n) is 3.01. The average Bonchev–Trinajstić information content (AvgIpc) is 2.36. The third-order valence-corrected chi connectivity index (χ3v) is 2.08. The van der Waals surface area contributed by atoms with Crippen LogP contribution in [0.15, 0.2) is 17.5 Å². The largest absolute Gasteiger partial charge is 0.362 e. The molecule has 0 fully saturated rings. The summed E-state index contributed by atoms with van der Waals surface area (Å²) in [6, 6.07) is 3.91. The van der Waals surface area contributed by atoms with Gasteiger partial charge in [-0.05, 0) is 11.4 Å². The second-order valence-electron chi connectivity index (χ2n) is 2.22. The van der Waals surface area contributed by atoms with Crippen LogP contribution in [-0.4, -0.2) is 24.8 Å². The van der Waals surface area contributed by atoms with Crippen LogP contribution in [0.1, 0.15) is 4.88 Å². The second-order valence-corrected chi connectivity index (χ2v) is 3.17. The SMILES string of the molecule is CN(C)C(=N)c1cccs1. The number of hydrogen-bond donors (Lipinski definition) is 1. The maximum Gasteiger partial charge on any atom is 0.137 e. The summed E-state index contributed by atoms with van der Waals surface area (Å²) in [5.41, 5.74) is 0. The van der Waals surface area contributed by atoms with Crippen LogP contribution in [0.2, 0.25) is 0 Å². The molecule has 2 nitrogen and oxygen atoms in total. The third kappa shape index (κ3) is 1.36. The molecule has 0 aliphatic carbocycles. The third-order valence-electron chi connectivity index (χ3n) is 1.20. The molecular weight excluding hydrogens is 144 g/mol. The van der Waals surface area contributed by atoms with Gasteiger partial charge >= 0.3 is 0 Å². The number of hydrogen-bond acceptors (Lipinski definition) is 2. The predicted molar refractivity (Wildman–Crippen MR) is 44.8 cm³/mol. The summed E-state index contributed by atoms with van der Waals surface area (Å²) in [5, 5.41) is 9.52. The van der Waals surface area contributed by atoms with Crippen LogP contribution < -0.4 is 0 Å². The van der Waals surface area contributed by atoms with Crippen LogP contribution in [0.3, 0.4) is 0 Å². The van der Waals surface area contributed by atoms with E-state index in [-0.39, 0.29) is 0 Å². The molecule has 54 valence electrons. The molecule has 1 N–H and O–H groups in total. The molecule has 0 saturated heterocycles. The Balaban J connectivity index is 2.78. The van der Waals surface area contributed by atoms with Crippen LogP contribution in [0.4, 0.5) is 0 Å². The van der Waals surface area contributed by atoms with Gasteiger partial charge in [0, 0.05) is 14.1 Å². The van der Waals surface area contributed by atoms with Crippen molar-refractivity contribution in [2.24, 2.45) is 0 Å². The number of rotatable bonds is 1. The first-order valence-corrected chi connectivity index (χ1v) is 3.89. The van der Waals surface area contributed by atoms with Gasteiger partial charge in [0.15, 0.2) is 0 Å². The Morgan fingerprint density at radius 1 is 1.60 bits per heavy atom. The zero-order valence-corrected chi connectivity index (χ0v) is 6.90. The molecule has 0 atom stereocenters. The van der Waals surface area contributed by atoms with Gasteiger partial charge in [0.1, 0.15) is 5.84 Å². The van der Waals surface area contributed by atoms with E-state index in [4.69, 9.17) is 5.41 Å². The van der Waals surface area contributed by atoms with E-state index in [1.54, 1.807) is 16.2 Å². The van der Waals surface area contributed by atoms with E-state index in [9.17, 15) is 0 Å². The summed E-state index contributed by atoms with van der Waals surface area (Å²) in [7, 11) is 3.75. The van der Waals surface area contributed by atoms with Gasteiger partial charge in [0.05, 0.1) is 4.88 Å². The molecule has 0 amide bonds. The molecule has 1 aromatic rings. The van der Waals surface area contributed by atoms with E-state index < -0.39 is 0 Å². The van der Waals surface area contributed by atoms with E-state index >= 15 is 0 Å². The molecule has 3 heteroatoms. The lowest BCUT2D eigenvalue weighted by molar-refractivity contribution is 0.620. The summed E-state index contributed by atoms with van der Waals surface area (Å²) >= 11 is 1.59. The van der Waals surface area contributed by atoms with Gasteiger partial charge in [0.25, 0.3) is 0 Å². The van der Waals surface area contributed by atoms with Crippen LogP contribution in [0, 0.1) is 5.41 Å². The number of nitrogens with one attached hydrogen (secondary N) is 1. The fourth-order valence-electron chi connectivity index (χ4n) is 0.634. The Hall–Kier alpha value is -0.830. The molecule has 0 bridgehead atoms. The predicted octanol–water partition coefficient (Wildman–Crippen LogP) is 1.64. The molecule has 1 rings (SSSR count). The molecule has 0 aliphatic rings. The maximum absolute atomic E-state index is 7.54. The molecule has 0 unspecified atom stereocenters. The van der Waals surface area contributed by atoms with Crippen molar-refractivity contribution in [2.45, 2.75) is 0 Å². The number of nitrogens with zero attached hydrogens (tertiary/aromatic N) is 1. The smallest absolute Gasteiger partial charge is 0.137 e. The zero-order valence-electron chi connectivity index (χ0n) is 6.09. The highest BCUT2D eigenvalue weighted by atomic mass is 32.1. The summed E-state index contributed by atoms with van der Waals surface area (Å²) in [6.07, 6.45) is 0. The van der Waals surface area contributed by atoms with Crippen LogP contribution in [0.5, 0.6) is 0 Å². The molecule has 0 radical (unpaired) electrons. The molecule has 1 heterocycles. The Morgan fingerprint density at radius 2 is 2.30 bits per heavy atom.